The lowest BCUT2D eigenvalue weighted by atomic mass is 10.0. The van der Waals surface area contributed by atoms with Crippen LogP contribution >= 0.6 is 0 Å². The molecule has 0 N–H and O–H groups in total. The molecule has 3 aromatic carbocycles. The average molecular weight is 293 g/mol. The van der Waals surface area contributed by atoms with Crippen LogP contribution in [0.5, 0.6) is 5.75 Å². The molecule has 112 valence electrons. The highest BCUT2D eigenvalue weighted by Crippen LogP contribution is 2.28. The first-order valence-corrected chi connectivity index (χ1v) is 7.28. The SMILES string of the molecule is COc1ccc2c(=O)c3ccccc3ccc2c1CN(C)C. The zero-order chi connectivity index (χ0) is 15.7. The Morgan fingerprint density at radius 3 is 2.36 bits per heavy atom. The summed E-state index contributed by atoms with van der Waals surface area (Å²) >= 11 is 0. The summed E-state index contributed by atoms with van der Waals surface area (Å²) in [6.45, 7) is 0.723. The molecule has 0 radical (unpaired) electrons. The van der Waals surface area contributed by atoms with Gasteiger partial charge in [-0.3, -0.25) is 4.79 Å². The molecule has 0 fully saturated rings. The van der Waals surface area contributed by atoms with Crippen molar-refractivity contribution in [2.24, 2.45) is 0 Å². The van der Waals surface area contributed by atoms with Crippen molar-refractivity contribution in [3.05, 3.63) is 64.3 Å². The zero-order valence-corrected chi connectivity index (χ0v) is 13.1. The molecule has 0 unspecified atom stereocenters. The summed E-state index contributed by atoms with van der Waals surface area (Å²) in [7, 11) is 5.68. The van der Waals surface area contributed by atoms with Gasteiger partial charge in [-0.1, -0.05) is 36.4 Å². The number of fused-ring (bicyclic) bond motifs is 2. The van der Waals surface area contributed by atoms with Gasteiger partial charge in [0, 0.05) is 22.9 Å². The molecule has 3 nitrogen and oxygen atoms in total. The Morgan fingerprint density at radius 1 is 0.909 bits per heavy atom. The fourth-order valence-electron chi connectivity index (χ4n) is 2.87. The van der Waals surface area contributed by atoms with E-state index in [-0.39, 0.29) is 5.43 Å². The second-order valence-electron chi connectivity index (χ2n) is 5.70. The van der Waals surface area contributed by atoms with Gasteiger partial charge in [0.05, 0.1) is 7.11 Å². The van der Waals surface area contributed by atoms with E-state index < -0.39 is 0 Å². The maximum absolute atomic E-state index is 12.9. The summed E-state index contributed by atoms with van der Waals surface area (Å²) < 4.78 is 5.49. The second-order valence-corrected chi connectivity index (χ2v) is 5.70. The maximum atomic E-state index is 12.9. The Morgan fingerprint density at radius 2 is 1.64 bits per heavy atom. The molecule has 0 saturated carbocycles. The van der Waals surface area contributed by atoms with Gasteiger partial charge >= 0.3 is 0 Å². The predicted octanol–water partition coefficient (Wildman–Crippen LogP) is 3.42. The minimum absolute atomic E-state index is 0.0678. The van der Waals surface area contributed by atoms with Crippen LogP contribution in [-0.2, 0) is 6.54 Å². The Balaban J connectivity index is 2.47. The van der Waals surface area contributed by atoms with Crippen molar-refractivity contribution < 1.29 is 4.74 Å². The first-order chi connectivity index (χ1) is 10.6. The summed E-state index contributed by atoms with van der Waals surface area (Å²) in [6.07, 6.45) is 0. The van der Waals surface area contributed by atoms with Crippen LogP contribution in [0, 0.1) is 0 Å². The number of hydrogen-bond donors (Lipinski definition) is 0. The van der Waals surface area contributed by atoms with E-state index >= 15 is 0 Å². The number of hydrogen-bond acceptors (Lipinski definition) is 3. The molecule has 0 aliphatic heterocycles. The molecule has 0 saturated heterocycles. The maximum Gasteiger partial charge on any atom is 0.194 e. The van der Waals surface area contributed by atoms with Gasteiger partial charge in [-0.05, 0) is 37.0 Å². The summed E-state index contributed by atoms with van der Waals surface area (Å²) in [5.41, 5.74) is 1.11. The van der Waals surface area contributed by atoms with Gasteiger partial charge in [0.25, 0.3) is 0 Å². The summed E-state index contributed by atoms with van der Waals surface area (Å²) in [6, 6.07) is 15.5. The third kappa shape index (κ3) is 2.44. The van der Waals surface area contributed by atoms with Crippen LogP contribution in [0.15, 0.2) is 53.3 Å². The molecule has 22 heavy (non-hydrogen) atoms. The normalized spacial score (nSPS) is 11.3. The smallest absolute Gasteiger partial charge is 0.194 e. The molecule has 3 aromatic rings. The fourth-order valence-corrected chi connectivity index (χ4v) is 2.87. The van der Waals surface area contributed by atoms with E-state index in [0.29, 0.717) is 0 Å². The van der Waals surface area contributed by atoms with Crippen LogP contribution in [0.2, 0.25) is 0 Å². The minimum Gasteiger partial charge on any atom is -0.496 e. The fraction of sp³-hybridized carbons (Fsp3) is 0.211. The average Bonchev–Trinajstić information content (AvgIpc) is 2.65. The van der Waals surface area contributed by atoms with Gasteiger partial charge in [-0.2, -0.15) is 0 Å². The van der Waals surface area contributed by atoms with Gasteiger partial charge in [0.15, 0.2) is 5.43 Å². The minimum atomic E-state index is 0.0678. The van der Waals surface area contributed by atoms with Gasteiger partial charge in [-0.25, -0.2) is 0 Å². The quantitative estimate of drug-likeness (QED) is 0.741. The molecule has 0 bridgehead atoms. The third-order valence-corrected chi connectivity index (χ3v) is 3.89. The van der Waals surface area contributed by atoms with Crippen LogP contribution in [0.25, 0.3) is 21.5 Å². The lowest BCUT2D eigenvalue weighted by Gasteiger charge is -2.15. The Kier molecular flexibility index (Phi) is 3.82. The Labute approximate surface area is 129 Å². The lowest BCUT2D eigenvalue weighted by Crippen LogP contribution is -2.12. The predicted molar refractivity (Wildman–Crippen MR) is 91.7 cm³/mol. The van der Waals surface area contributed by atoms with Crippen LogP contribution in [0.1, 0.15) is 5.56 Å². The molecular formula is C19H19NO2. The number of nitrogens with zero attached hydrogens (tertiary/aromatic N) is 1. The molecule has 0 amide bonds. The number of benzene rings is 2. The molecule has 0 heterocycles. The van der Waals surface area contributed by atoms with E-state index in [0.717, 1.165) is 39.4 Å². The third-order valence-electron chi connectivity index (χ3n) is 3.89. The van der Waals surface area contributed by atoms with Crippen molar-refractivity contribution in [3.63, 3.8) is 0 Å². The van der Waals surface area contributed by atoms with Crippen molar-refractivity contribution in [3.8, 4) is 5.75 Å². The van der Waals surface area contributed by atoms with E-state index in [1.54, 1.807) is 7.11 Å². The Bertz CT molecular complexity index is 900. The van der Waals surface area contributed by atoms with Gasteiger partial charge in [0.2, 0.25) is 0 Å². The van der Waals surface area contributed by atoms with Gasteiger partial charge < -0.3 is 9.64 Å². The second kappa shape index (κ2) is 5.78. The van der Waals surface area contributed by atoms with Crippen molar-refractivity contribution in [2.45, 2.75) is 6.54 Å². The molecule has 0 atom stereocenters. The molecule has 3 rings (SSSR count). The first kappa shape index (κ1) is 14.5. The molecule has 0 aliphatic rings. The van der Waals surface area contributed by atoms with Crippen LogP contribution < -0.4 is 10.2 Å². The summed E-state index contributed by atoms with van der Waals surface area (Å²) in [5, 5.41) is 3.39. The Hall–Kier alpha value is -2.39. The van der Waals surface area contributed by atoms with E-state index in [1.807, 2.05) is 62.6 Å². The van der Waals surface area contributed by atoms with Gasteiger partial charge in [0.1, 0.15) is 5.75 Å². The van der Waals surface area contributed by atoms with Crippen molar-refractivity contribution >= 4 is 21.5 Å². The zero-order valence-electron chi connectivity index (χ0n) is 13.1. The van der Waals surface area contributed by atoms with Gasteiger partial charge in [-0.15, -0.1) is 0 Å². The highest BCUT2D eigenvalue weighted by atomic mass is 16.5. The molecule has 0 aromatic heterocycles. The van der Waals surface area contributed by atoms with Crippen LogP contribution in [-0.4, -0.2) is 26.1 Å². The lowest BCUT2D eigenvalue weighted by molar-refractivity contribution is 0.374. The standard InChI is InChI=1S/C19H19NO2/c1-20(2)12-17-15-9-8-13-6-4-5-7-14(13)19(21)16(15)10-11-18(17)22-3/h4-11H,12H2,1-3H3. The highest BCUT2D eigenvalue weighted by molar-refractivity contribution is 5.95. The molecule has 0 spiro atoms. The van der Waals surface area contributed by atoms with Crippen molar-refractivity contribution in [2.75, 3.05) is 21.2 Å². The molecule has 3 heteroatoms. The number of ether oxygens (including phenoxy) is 1. The number of rotatable bonds is 3. The largest absolute Gasteiger partial charge is 0.496 e. The summed E-state index contributed by atoms with van der Waals surface area (Å²) in [5.74, 6) is 0.816. The molecular weight excluding hydrogens is 274 g/mol. The monoisotopic (exact) mass is 293 g/mol. The number of methoxy groups -OCH3 is 1. The topological polar surface area (TPSA) is 29.5 Å². The van der Waals surface area contributed by atoms with Crippen LogP contribution in [0.4, 0.5) is 0 Å². The van der Waals surface area contributed by atoms with E-state index in [4.69, 9.17) is 4.74 Å². The van der Waals surface area contributed by atoms with E-state index in [9.17, 15) is 4.79 Å². The van der Waals surface area contributed by atoms with Crippen molar-refractivity contribution in [1.29, 1.82) is 0 Å². The van der Waals surface area contributed by atoms with Crippen LogP contribution in [0.3, 0.4) is 0 Å². The first-order valence-electron chi connectivity index (χ1n) is 7.28. The van der Waals surface area contributed by atoms with Crippen molar-refractivity contribution in [1.82, 2.24) is 4.90 Å². The van der Waals surface area contributed by atoms with E-state index in [2.05, 4.69) is 4.90 Å². The highest BCUT2D eigenvalue weighted by Gasteiger charge is 2.11. The molecule has 0 aliphatic carbocycles. The summed E-state index contributed by atoms with van der Waals surface area (Å²) in [4.78, 5) is 14.9. The van der Waals surface area contributed by atoms with E-state index in [1.165, 1.54) is 0 Å².